The zero-order chi connectivity index (χ0) is 8.97. The topological polar surface area (TPSA) is 52.6 Å². The van der Waals surface area contributed by atoms with E-state index in [1.54, 1.807) is 0 Å². The summed E-state index contributed by atoms with van der Waals surface area (Å²) in [7, 11) is 1.96. The number of piperidine rings is 1. The summed E-state index contributed by atoms with van der Waals surface area (Å²) in [6.45, 7) is 1.99. The molecule has 0 atom stereocenters. The van der Waals surface area contributed by atoms with Gasteiger partial charge in [0, 0.05) is 19.1 Å². The molecule has 0 amide bonds. The van der Waals surface area contributed by atoms with Crippen molar-refractivity contribution in [3.8, 4) is 0 Å². The number of carbonyl (C=O) groups is 1. The molecule has 0 saturated carbocycles. The Morgan fingerprint density at radius 1 is 1.58 bits per heavy atom. The third-order valence-corrected chi connectivity index (χ3v) is 2.35. The molecule has 0 aromatic heterocycles. The van der Waals surface area contributed by atoms with Gasteiger partial charge < -0.3 is 10.4 Å². The van der Waals surface area contributed by atoms with Crippen molar-refractivity contribution in [1.29, 1.82) is 0 Å². The van der Waals surface area contributed by atoms with E-state index in [-0.39, 0.29) is 6.54 Å². The van der Waals surface area contributed by atoms with Crippen molar-refractivity contribution in [2.24, 2.45) is 0 Å². The second-order valence-corrected chi connectivity index (χ2v) is 3.23. The summed E-state index contributed by atoms with van der Waals surface area (Å²) >= 11 is 0. The van der Waals surface area contributed by atoms with Gasteiger partial charge in [-0.05, 0) is 19.9 Å². The van der Waals surface area contributed by atoms with E-state index in [1.165, 1.54) is 0 Å². The van der Waals surface area contributed by atoms with Crippen LogP contribution in [0.3, 0.4) is 0 Å². The van der Waals surface area contributed by atoms with Gasteiger partial charge in [-0.15, -0.1) is 0 Å². The Balaban J connectivity index is 2.21. The van der Waals surface area contributed by atoms with Crippen molar-refractivity contribution in [3.05, 3.63) is 0 Å². The fraction of sp³-hybridized carbons (Fsp3) is 0.875. The SMILES string of the molecule is CNC1CCN(CC(=O)O)CC1. The molecule has 12 heavy (non-hydrogen) atoms. The second-order valence-electron chi connectivity index (χ2n) is 3.23. The summed E-state index contributed by atoms with van der Waals surface area (Å²) in [5.41, 5.74) is 0. The van der Waals surface area contributed by atoms with Gasteiger partial charge in [-0.3, -0.25) is 9.69 Å². The molecule has 0 aromatic rings. The molecular weight excluding hydrogens is 156 g/mol. The van der Waals surface area contributed by atoms with Gasteiger partial charge >= 0.3 is 5.97 Å². The first kappa shape index (κ1) is 9.48. The molecule has 2 N–H and O–H groups in total. The molecule has 1 heterocycles. The van der Waals surface area contributed by atoms with Gasteiger partial charge in [-0.25, -0.2) is 0 Å². The summed E-state index contributed by atoms with van der Waals surface area (Å²) in [4.78, 5) is 12.3. The molecule has 1 fully saturated rings. The van der Waals surface area contributed by atoms with Gasteiger partial charge in [0.1, 0.15) is 0 Å². The molecule has 1 rings (SSSR count). The maximum Gasteiger partial charge on any atom is 0.317 e. The van der Waals surface area contributed by atoms with Crippen LogP contribution in [0.1, 0.15) is 12.8 Å². The molecule has 0 unspecified atom stereocenters. The molecule has 1 saturated heterocycles. The van der Waals surface area contributed by atoms with E-state index in [0.717, 1.165) is 25.9 Å². The number of hydrogen-bond donors (Lipinski definition) is 2. The Morgan fingerprint density at radius 2 is 2.17 bits per heavy atom. The molecule has 0 aromatic carbocycles. The number of carboxylic acid groups (broad SMARTS) is 1. The largest absolute Gasteiger partial charge is 0.480 e. The van der Waals surface area contributed by atoms with Crippen molar-refractivity contribution in [2.75, 3.05) is 26.7 Å². The van der Waals surface area contributed by atoms with Crippen LogP contribution in [-0.2, 0) is 4.79 Å². The monoisotopic (exact) mass is 172 g/mol. The fourth-order valence-electron chi connectivity index (χ4n) is 1.57. The van der Waals surface area contributed by atoms with E-state index >= 15 is 0 Å². The van der Waals surface area contributed by atoms with Crippen LogP contribution in [0.25, 0.3) is 0 Å². The highest BCUT2D eigenvalue weighted by Crippen LogP contribution is 2.08. The lowest BCUT2D eigenvalue weighted by atomic mass is 10.1. The highest BCUT2D eigenvalue weighted by atomic mass is 16.4. The third-order valence-electron chi connectivity index (χ3n) is 2.35. The fourth-order valence-corrected chi connectivity index (χ4v) is 1.57. The Labute approximate surface area is 72.6 Å². The van der Waals surface area contributed by atoms with E-state index < -0.39 is 5.97 Å². The second kappa shape index (κ2) is 4.42. The minimum absolute atomic E-state index is 0.191. The number of hydrogen-bond acceptors (Lipinski definition) is 3. The third kappa shape index (κ3) is 2.79. The van der Waals surface area contributed by atoms with Crippen LogP contribution in [0.5, 0.6) is 0 Å². The minimum Gasteiger partial charge on any atom is -0.480 e. The van der Waals surface area contributed by atoms with Crippen molar-refractivity contribution in [1.82, 2.24) is 10.2 Å². The summed E-state index contributed by atoms with van der Waals surface area (Å²) in [5, 5.41) is 11.7. The van der Waals surface area contributed by atoms with E-state index in [2.05, 4.69) is 5.32 Å². The van der Waals surface area contributed by atoms with Crippen LogP contribution in [0, 0.1) is 0 Å². The van der Waals surface area contributed by atoms with Crippen molar-refractivity contribution >= 4 is 5.97 Å². The van der Waals surface area contributed by atoms with Crippen LogP contribution in [0.4, 0.5) is 0 Å². The van der Waals surface area contributed by atoms with E-state index in [0.29, 0.717) is 6.04 Å². The minimum atomic E-state index is -0.724. The van der Waals surface area contributed by atoms with Crippen LogP contribution in [-0.4, -0.2) is 48.7 Å². The maximum atomic E-state index is 10.4. The van der Waals surface area contributed by atoms with E-state index in [4.69, 9.17) is 5.11 Å². The first-order valence-corrected chi connectivity index (χ1v) is 4.34. The summed E-state index contributed by atoms with van der Waals surface area (Å²) < 4.78 is 0. The van der Waals surface area contributed by atoms with Gasteiger partial charge in [0.05, 0.1) is 6.54 Å². The molecule has 0 radical (unpaired) electrons. The summed E-state index contributed by atoms with van der Waals surface area (Å²) in [6, 6.07) is 0.579. The predicted octanol–water partition coefficient (Wildman–Crippen LogP) is -0.245. The lowest BCUT2D eigenvalue weighted by Gasteiger charge is -2.30. The Hall–Kier alpha value is -0.610. The van der Waals surface area contributed by atoms with Crippen molar-refractivity contribution in [2.45, 2.75) is 18.9 Å². The Morgan fingerprint density at radius 3 is 2.58 bits per heavy atom. The lowest BCUT2D eigenvalue weighted by Crippen LogP contribution is -2.43. The number of likely N-dealkylation sites (tertiary alicyclic amines) is 1. The van der Waals surface area contributed by atoms with Gasteiger partial charge in [-0.1, -0.05) is 0 Å². The average molecular weight is 172 g/mol. The molecule has 4 heteroatoms. The standard InChI is InChI=1S/C8H16N2O2/c1-9-7-2-4-10(5-3-7)6-8(11)12/h7,9H,2-6H2,1H3,(H,11,12). The first-order valence-electron chi connectivity index (χ1n) is 4.34. The molecule has 1 aliphatic heterocycles. The number of carboxylic acids is 1. The van der Waals surface area contributed by atoms with Crippen LogP contribution in [0.2, 0.25) is 0 Å². The summed E-state index contributed by atoms with van der Waals surface area (Å²) in [6.07, 6.45) is 2.12. The molecule has 0 bridgehead atoms. The number of aliphatic carboxylic acids is 1. The lowest BCUT2D eigenvalue weighted by molar-refractivity contribution is -0.138. The van der Waals surface area contributed by atoms with Gasteiger partial charge in [-0.2, -0.15) is 0 Å². The molecule has 4 nitrogen and oxygen atoms in total. The molecular formula is C8H16N2O2. The highest BCUT2D eigenvalue weighted by Gasteiger charge is 2.18. The van der Waals surface area contributed by atoms with Gasteiger partial charge in [0.25, 0.3) is 0 Å². The number of nitrogens with one attached hydrogen (secondary N) is 1. The van der Waals surface area contributed by atoms with Crippen molar-refractivity contribution < 1.29 is 9.90 Å². The normalized spacial score (nSPS) is 21.1. The quantitative estimate of drug-likeness (QED) is 0.616. The van der Waals surface area contributed by atoms with E-state index in [9.17, 15) is 4.79 Å². The molecule has 1 aliphatic rings. The molecule has 0 aliphatic carbocycles. The van der Waals surface area contributed by atoms with E-state index in [1.807, 2.05) is 11.9 Å². The average Bonchev–Trinajstić information content (AvgIpc) is 2.05. The first-order chi connectivity index (χ1) is 5.72. The zero-order valence-corrected chi connectivity index (χ0v) is 7.42. The van der Waals surface area contributed by atoms with Crippen LogP contribution < -0.4 is 5.32 Å². The highest BCUT2D eigenvalue weighted by molar-refractivity contribution is 5.69. The number of rotatable bonds is 3. The maximum absolute atomic E-state index is 10.4. The Bertz CT molecular complexity index is 153. The van der Waals surface area contributed by atoms with Gasteiger partial charge in [0.15, 0.2) is 0 Å². The Kier molecular flexibility index (Phi) is 3.49. The predicted molar refractivity (Wildman–Crippen MR) is 46.2 cm³/mol. The zero-order valence-electron chi connectivity index (χ0n) is 7.42. The van der Waals surface area contributed by atoms with Crippen molar-refractivity contribution in [3.63, 3.8) is 0 Å². The smallest absolute Gasteiger partial charge is 0.317 e. The molecule has 0 spiro atoms. The van der Waals surface area contributed by atoms with Gasteiger partial charge in [0.2, 0.25) is 0 Å². The summed E-state index contributed by atoms with van der Waals surface area (Å²) in [5.74, 6) is -0.724. The van der Waals surface area contributed by atoms with Crippen LogP contribution >= 0.6 is 0 Å². The number of nitrogens with zero attached hydrogens (tertiary/aromatic N) is 1. The van der Waals surface area contributed by atoms with Crippen LogP contribution in [0.15, 0.2) is 0 Å². The molecule has 70 valence electrons.